The molecule has 0 atom stereocenters. The van der Waals surface area contributed by atoms with Gasteiger partial charge in [0.1, 0.15) is 5.57 Å². The van der Waals surface area contributed by atoms with E-state index in [-0.39, 0.29) is 102 Å². The summed E-state index contributed by atoms with van der Waals surface area (Å²) in [7, 11) is 0. The zero-order valence-electron chi connectivity index (χ0n) is 24.4. The summed E-state index contributed by atoms with van der Waals surface area (Å²) < 4.78 is 1.14. The van der Waals surface area contributed by atoms with E-state index < -0.39 is 71.1 Å². The molecular formula is C25H27N4Na3O10. The Labute approximate surface area is 307 Å². The fourth-order valence-corrected chi connectivity index (χ4v) is 3.62. The van der Waals surface area contributed by atoms with E-state index in [0.717, 1.165) is 21.6 Å². The zero-order chi connectivity index (χ0) is 29.3. The second kappa shape index (κ2) is 20.3. The van der Waals surface area contributed by atoms with E-state index in [9.17, 15) is 48.9 Å². The molecule has 0 aliphatic carbocycles. The van der Waals surface area contributed by atoms with Crippen LogP contribution in [-0.2, 0) is 32.3 Å². The van der Waals surface area contributed by atoms with E-state index in [2.05, 4.69) is 0 Å². The molecule has 1 saturated heterocycles. The normalized spacial score (nSPS) is 14.2. The summed E-state index contributed by atoms with van der Waals surface area (Å²) in [4.78, 5) is 86.3. The Bertz CT molecular complexity index is 1380. The van der Waals surface area contributed by atoms with Gasteiger partial charge in [0, 0.05) is 18.7 Å². The van der Waals surface area contributed by atoms with Crippen molar-refractivity contribution >= 4 is 35.9 Å². The van der Waals surface area contributed by atoms with Gasteiger partial charge in [-0.25, -0.2) is 9.59 Å². The van der Waals surface area contributed by atoms with E-state index in [1.165, 1.54) is 18.2 Å². The molecule has 4 amide bonds. The van der Waals surface area contributed by atoms with Crippen molar-refractivity contribution in [3.05, 3.63) is 56.3 Å². The number of carbonyl (C=O) groups excluding carboxylic acids is 5. The molecule has 0 unspecified atom stereocenters. The number of allylic oxidation sites excluding steroid dienone is 4. The summed E-state index contributed by atoms with van der Waals surface area (Å²) in [6, 6.07) is -1.07. The van der Waals surface area contributed by atoms with Gasteiger partial charge in [0.05, 0.1) is 25.0 Å². The minimum Gasteiger partial charge on any atom is -0.859 e. The zero-order valence-corrected chi connectivity index (χ0v) is 30.4. The standard InChI is InChI=1S/C25H30N4O10.3Na/c1-3-5-12-26-20(34)16(22(36)28(24(26)38)14-18(30)31)10-8-7-9-11-17-21(35)27(13-6-4-2)25(39)29(23(17)37)15-19(32)33;;;/h7-11,36H,3-6,12-15H2,1-2H3,(H,30,31)(H,32,33);;;/q;3*+1/p-3/b9-7+,10-8+,17-11-;;;. The minimum absolute atomic E-state index is 0. The van der Waals surface area contributed by atoms with Crippen molar-refractivity contribution in [1.29, 1.82) is 0 Å². The van der Waals surface area contributed by atoms with Crippen molar-refractivity contribution in [3.63, 3.8) is 0 Å². The third-order valence-electron chi connectivity index (χ3n) is 5.62. The molecule has 1 fully saturated rings. The third-order valence-corrected chi connectivity index (χ3v) is 5.62. The largest absolute Gasteiger partial charge is 1.00 e. The van der Waals surface area contributed by atoms with Crippen LogP contribution in [0.4, 0.5) is 4.79 Å². The molecule has 1 aromatic heterocycles. The van der Waals surface area contributed by atoms with Crippen LogP contribution < -0.4 is 115 Å². The fraction of sp³-hybridized carbons (Fsp3) is 0.400. The SMILES string of the molecule is CCCCN1C(=O)/C(=C/C=C/C=C/c2c([O-])n(CC(=O)[O-])c(=O)n(CCCC)c2=O)C(=O)N(CC(=O)[O-])C1=O.[Na+].[Na+].[Na+]. The van der Waals surface area contributed by atoms with Crippen LogP contribution in [0.3, 0.4) is 0 Å². The summed E-state index contributed by atoms with van der Waals surface area (Å²) in [5.74, 6) is -6.58. The number of imide groups is 2. The van der Waals surface area contributed by atoms with E-state index in [0.29, 0.717) is 35.2 Å². The van der Waals surface area contributed by atoms with Gasteiger partial charge in [-0.1, -0.05) is 44.9 Å². The van der Waals surface area contributed by atoms with E-state index in [1.807, 2.05) is 13.8 Å². The smallest absolute Gasteiger partial charge is 0.859 e. The molecular weight excluding hydrogens is 585 g/mol. The Kier molecular flexibility index (Phi) is 20.4. The first kappa shape index (κ1) is 42.4. The third kappa shape index (κ3) is 10.8. The Morgan fingerprint density at radius 3 is 1.83 bits per heavy atom. The van der Waals surface area contributed by atoms with Crippen LogP contribution in [0.15, 0.2) is 39.5 Å². The van der Waals surface area contributed by atoms with Crippen molar-refractivity contribution in [3.8, 4) is 5.88 Å². The number of rotatable bonds is 13. The van der Waals surface area contributed by atoms with Gasteiger partial charge in [0.15, 0.2) is 0 Å². The number of carboxylic acid groups (broad SMARTS) is 2. The van der Waals surface area contributed by atoms with Crippen LogP contribution in [0.5, 0.6) is 5.88 Å². The first-order valence-electron chi connectivity index (χ1n) is 12.1. The number of carbonyl (C=O) groups is 5. The predicted octanol–water partition coefficient (Wildman–Crippen LogP) is -11.5. The molecule has 1 aromatic rings. The maximum Gasteiger partial charge on any atom is 1.00 e. The average molecular weight is 612 g/mol. The van der Waals surface area contributed by atoms with Gasteiger partial charge in [-0.05, 0) is 30.9 Å². The van der Waals surface area contributed by atoms with E-state index in [1.54, 1.807) is 0 Å². The molecule has 17 heteroatoms. The molecule has 0 saturated carbocycles. The van der Waals surface area contributed by atoms with Gasteiger partial charge in [-0.3, -0.25) is 28.8 Å². The van der Waals surface area contributed by atoms with Gasteiger partial charge in [-0.2, -0.15) is 0 Å². The van der Waals surface area contributed by atoms with Crippen LogP contribution in [0.25, 0.3) is 6.08 Å². The fourth-order valence-electron chi connectivity index (χ4n) is 3.62. The molecule has 0 N–H and O–H groups in total. The molecule has 2 heterocycles. The molecule has 42 heavy (non-hydrogen) atoms. The number of amides is 4. The molecule has 1 aliphatic heterocycles. The Morgan fingerprint density at radius 2 is 1.29 bits per heavy atom. The van der Waals surface area contributed by atoms with Crippen LogP contribution in [0.2, 0.25) is 0 Å². The number of carboxylic acids is 2. The summed E-state index contributed by atoms with van der Waals surface area (Å²) in [5, 5.41) is 34.7. The van der Waals surface area contributed by atoms with Gasteiger partial charge < -0.3 is 29.5 Å². The van der Waals surface area contributed by atoms with Crippen molar-refractivity contribution in [2.45, 2.75) is 52.6 Å². The maximum atomic E-state index is 12.7. The van der Waals surface area contributed by atoms with E-state index in [4.69, 9.17) is 0 Å². The molecule has 2 rings (SSSR count). The van der Waals surface area contributed by atoms with Crippen LogP contribution in [-0.4, -0.2) is 61.8 Å². The quantitative estimate of drug-likeness (QED) is 0.0890. The molecule has 14 nitrogen and oxygen atoms in total. The Balaban J connectivity index is 0. The number of urea groups is 1. The molecule has 210 valence electrons. The van der Waals surface area contributed by atoms with Crippen molar-refractivity contribution in [1.82, 2.24) is 18.9 Å². The van der Waals surface area contributed by atoms with E-state index >= 15 is 0 Å². The van der Waals surface area contributed by atoms with Gasteiger partial charge in [0.2, 0.25) is 0 Å². The predicted molar refractivity (Wildman–Crippen MR) is 129 cm³/mol. The molecule has 0 aromatic carbocycles. The number of nitrogens with zero attached hydrogens (tertiary/aromatic N) is 4. The Morgan fingerprint density at radius 1 is 0.738 bits per heavy atom. The second-order valence-electron chi connectivity index (χ2n) is 8.45. The van der Waals surface area contributed by atoms with Crippen molar-refractivity contribution in [2.24, 2.45) is 0 Å². The number of unbranched alkanes of at least 4 members (excludes halogenated alkanes) is 2. The van der Waals surface area contributed by atoms with Crippen molar-refractivity contribution in [2.75, 3.05) is 13.1 Å². The van der Waals surface area contributed by atoms with Gasteiger partial charge in [0.25, 0.3) is 17.4 Å². The first-order chi connectivity index (χ1) is 18.5. The minimum atomic E-state index is -1.70. The average Bonchev–Trinajstić information content (AvgIpc) is 2.87. The maximum absolute atomic E-state index is 12.7. The molecule has 0 bridgehead atoms. The van der Waals surface area contributed by atoms with Crippen LogP contribution >= 0.6 is 0 Å². The number of barbiturate groups is 1. The summed E-state index contributed by atoms with van der Waals surface area (Å²) >= 11 is 0. The van der Waals surface area contributed by atoms with Crippen molar-refractivity contribution < 1.29 is 128 Å². The number of hydrogen-bond donors (Lipinski definition) is 0. The van der Waals surface area contributed by atoms with Crippen LogP contribution in [0.1, 0.15) is 45.1 Å². The summed E-state index contributed by atoms with van der Waals surface area (Å²) in [6.07, 6.45) is 7.75. The number of hydrogen-bond acceptors (Lipinski definition) is 10. The summed E-state index contributed by atoms with van der Waals surface area (Å²) in [6.45, 7) is 1.45. The molecule has 1 aliphatic rings. The molecule has 0 spiro atoms. The number of aliphatic carboxylic acids is 2. The monoisotopic (exact) mass is 612 g/mol. The summed E-state index contributed by atoms with van der Waals surface area (Å²) in [5.41, 5.74) is -2.98. The first-order valence-corrected chi connectivity index (χ1v) is 12.1. The topological polar surface area (TPSA) is 205 Å². The Hall–Kier alpha value is -1.75. The second-order valence-corrected chi connectivity index (χ2v) is 8.45. The molecule has 0 radical (unpaired) electrons. The van der Waals surface area contributed by atoms with Gasteiger partial charge in [-0.15, -0.1) is 0 Å². The van der Waals surface area contributed by atoms with Gasteiger partial charge >= 0.3 is 100 Å². The number of aromatic nitrogens is 2. The van der Waals surface area contributed by atoms with Crippen LogP contribution in [0, 0.1) is 0 Å².